The maximum Gasteiger partial charge on any atom is 0.705 e. The molecule has 0 N–H and O–H groups in total. The van der Waals surface area contributed by atoms with E-state index < -0.39 is 32.5 Å². The summed E-state index contributed by atoms with van der Waals surface area (Å²) in [5.41, 5.74) is 0.884. The number of benzene rings is 1. The van der Waals surface area contributed by atoms with Crippen LogP contribution in [0.15, 0.2) is 18.2 Å². The van der Waals surface area contributed by atoms with Gasteiger partial charge in [-0.05, 0) is 31.0 Å². The molecule has 0 radical (unpaired) electrons. The van der Waals surface area contributed by atoms with Crippen LogP contribution in [0, 0.1) is 0 Å². The van der Waals surface area contributed by atoms with Crippen LogP contribution in [0.3, 0.4) is 0 Å². The van der Waals surface area contributed by atoms with Crippen LogP contribution < -0.4 is 9.47 Å². The van der Waals surface area contributed by atoms with E-state index in [-0.39, 0.29) is 12.7 Å². The van der Waals surface area contributed by atoms with Crippen LogP contribution in [0.5, 0.6) is 11.5 Å². The van der Waals surface area contributed by atoms with Crippen molar-refractivity contribution in [2.24, 2.45) is 0 Å². The lowest BCUT2D eigenvalue weighted by molar-refractivity contribution is -0.197. The van der Waals surface area contributed by atoms with Gasteiger partial charge in [0.25, 0.3) is 17.9 Å². The lowest BCUT2D eigenvalue weighted by Crippen LogP contribution is -2.49. The molecule has 1 atom stereocenters. The van der Waals surface area contributed by atoms with Crippen LogP contribution in [0.4, 0.5) is 0 Å². The Balaban J connectivity index is 1.97. The number of carbonyl (C=O) groups excluding carboxylic acids is 3. The Bertz CT molecular complexity index is 769. The van der Waals surface area contributed by atoms with Crippen molar-refractivity contribution < 1.29 is 41.9 Å². The Morgan fingerprint density at radius 1 is 1.06 bits per heavy atom. The summed E-state index contributed by atoms with van der Waals surface area (Å²) < 4.78 is 33.1. The van der Waals surface area contributed by atoms with E-state index in [2.05, 4.69) is 6.92 Å². The number of hydrogen-bond donors (Lipinski definition) is 0. The highest BCUT2D eigenvalue weighted by atomic mass is 28.4. The van der Waals surface area contributed by atoms with Gasteiger partial charge in [0, 0.05) is 39.7 Å². The molecule has 1 heterocycles. The number of hydrogen-bond acceptors (Lipinski definition) is 9. The second-order valence-corrected chi connectivity index (χ2v) is 9.94. The zero-order valence-electron chi connectivity index (χ0n) is 18.6. The van der Waals surface area contributed by atoms with Crippen LogP contribution in [-0.2, 0) is 39.0 Å². The summed E-state index contributed by atoms with van der Waals surface area (Å²) >= 11 is 0. The summed E-state index contributed by atoms with van der Waals surface area (Å²) in [5.74, 6) is -1.33. The van der Waals surface area contributed by atoms with E-state index in [0.717, 1.165) is 44.9 Å². The molecule has 1 unspecified atom stereocenters. The molecule has 0 bridgehead atoms. The van der Waals surface area contributed by atoms with Gasteiger partial charge < -0.3 is 27.5 Å². The van der Waals surface area contributed by atoms with Gasteiger partial charge in [-0.1, -0.05) is 6.92 Å². The van der Waals surface area contributed by atoms with Gasteiger partial charge >= 0.3 is 8.80 Å². The van der Waals surface area contributed by atoms with E-state index in [1.54, 1.807) is 6.07 Å². The molecule has 0 saturated carbocycles. The molecule has 0 aromatic heterocycles. The van der Waals surface area contributed by atoms with Gasteiger partial charge in [-0.15, -0.1) is 0 Å². The van der Waals surface area contributed by atoms with E-state index in [9.17, 15) is 14.4 Å². The van der Waals surface area contributed by atoms with Crippen molar-refractivity contribution in [1.29, 1.82) is 0 Å². The maximum atomic E-state index is 11.5. The van der Waals surface area contributed by atoms with E-state index in [0.29, 0.717) is 18.8 Å². The summed E-state index contributed by atoms with van der Waals surface area (Å²) in [6.45, 7) is 8.13. The third-order valence-electron chi connectivity index (χ3n) is 4.39. The van der Waals surface area contributed by atoms with Gasteiger partial charge in [-0.3, -0.25) is 14.4 Å². The topological polar surface area (TPSA) is 107 Å². The Kier molecular flexibility index (Phi) is 8.46. The number of carbonyl (C=O) groups is 3. The third kappa shape index (κ3) is 7.55. The first-order chi connectivity index (χ1) is 14.6. The monoisotopic (exact) mass is 454 g/mol. The molecule has 2 rings (SSSR count). The molecule has 0 saturated heterocycles. The van der Waals surface area contributed by atoms with Crippen LogP contribution >= 0.6 is 0 Å². The second-order valence-electron chi connectivity index (χ2n) is 7.46. The van der Waals surface area contributed by atoms with Gasteiger partial charge in [0.05, 0.1) is 19.3 Å². The minimum absolute atomic E-state index is 0.0538. The molecule has 1 aliphatic heterocycles. The van der Waals surface area contributed by atoms with Gasteiger partial charge in [0.1, 0.15) is 11.5 Å². The van der Waals surface area contributed by atoms with Crippen molar-refractivity contribution in [3.63, 3.8) is 0 Å². The molecule has 0 fully saturated rings. The number of ether oxygens (including phenoxy) is 3. The van der Waals surface area contributed by atoms with Crippen LogP contribution in [0.25, 0.3) is 0 Å². The molecule has 1 aliphatic rings. The highest BCUT2D eigenvalue weighted by Crippen LogP contribution is 2.35. The van der Waals surface area contributed by atoms with E-state index >= 15 is 0 Å². The van der Waals surface area contributed by atoms with Crippen LogP contribution in [0.2, 0.25) is 6.04 Å². The summed E-state index contributed by atoms with van der Waals surface area (Å²) in [7, 11) is -3.84. The molecular formula is C21H30O9Si. The summed E-state index contributed by atoms with van der Waals surface area (Å²) in [4.78, 5) is 34.4. The zero-order chi connectivity index (χ0) is 23.1. The minimum atomic E-state index is -3.84. The van der Waals surface area contributed by atoms with E-state index in [1.165, 1.54) is 0 Å². The highest BCUT2D eigenvalue weighted by molar-refractivity contribution is 6.65. The first-order valence-electron chi connectivity index (χ1n) is 10.2. The molecule has 1 aromatic carbocycles. The third-order valence-corrected chi connectivity index (χ3v) is 7.15. The van der Waals surface area contributed by atoms with Crippen molar-refractivity contribution in [2.45, 2.75) is 72.3 Å². The molecule has 0 aliphatic carbocycles. The van der Waals surface area contributed by atoms with Crippen molar-refractivity contribution in [3.8, 4) is 11.5 Å². The fourth-order valence-corrected chi connectivity index (χ4v) is 5.60. The zero-order valence-corrected chi connectivity index (χ0v) is 19.6. The van der Waals surface area contributed by atoms with Crippen molar-refractivity contribution in [2.75, 3.05) is 6.61 Å². The lowest BCUT2D eigenvalue weighted by Gasteiger charge is -2.35. The smallest absolute Gasteiger partial charge is 0.494 e. The molecule has 9 nitrogen and oxygen atoms in total. The first-order valence-corrected chi connectivity index (χ1v) is 12.2. The predicted octanol–water partition coefficient (Wildman–Crippen LogP) is 3.51. The Morgan fingerprint density at radius 2 is 1.68 bits per heavy atom. The van der Waals surface area contributed by atoms with Gasteiger partial charge in [0.2, 0.25) is 5.79 Å². The SMILES string of the molecule is CCCC1(C)OCc2cc(OCCC[Si](OC(C)=O)(OC(C)=O)OC(C)=O)ccc2O1. The van der Waals surface area contributed by atoms with Crippen molar-refractivity contribution >= 4 is 26.7 Å². The molecule has 10 heteroatoms. The quantitative estimate of drug-likeness (QED) is 0.388. The molecule has 172 valence electrons. The fourth-order valence-electron chi connectivity index (χ4n) is 3.28. The molecule has 0 amide bonds. The first kappa shape index (κ1) is 24.7. The number of fused-ring (bicyclic) bond motifs is 1. The second kappa shape index (κ2) is 10.6. The van der Waals surface area contributed by atoms with Crippen LogP contribution in [-0.4, -0.2) is 39.1 Å². The van der Waals surface area contributed by atoms with E-state index in [1.807, 2.05) is 19.1 Å². The Labute approximate surface area is 183 Å². The maximum absolute atomic E-state index is 11.5. The fraction of sp³-hybridized carbons (Fsp3) is 0.571. The lowest BCUT2D eigenvalue weighted by atomic mass is 10.1. The molecule has 0 spiro atoms. The standard InChI is InChI=1S/C21H30O9Si/c1-6-10-21(5)26-14-18-13-19(8-9-20(18)27-21)25-11-7-12-31(28-15(2)22,29-16(3)23)30-17(4)24/h8-9,13H,6-7,10-12,14H2,1-5H3. The number of rotatable bonds is 10. The molecular weight excluding hydrogens is 424 g/mol. The van der Waals surface area contributed by atoms with Gasteiger partial charge in [0.15, 0.2) is 0 Å². The summed E-state index contributed by atoms with van der Waals surface area (Å²) in [5, 5.41) is 0. The average molecular weight is 455 g/mol. The summed E-state index contributed by atoms with van der Waals surface area (Å²) in [6, 6.07) is 5.54. The summed E-state index contributed by atoms with van der Waals surface area (Å²) in [6.07, 6.45) is 2.08. The van der Waals surface area contributed by atoms with Crippen molar-refractivity contribution in [3.05, 3.63) is 23.8 Å². The van der Waals surface area contributed by atoms with Crippen LogP contribution in [0.1, 0.15) is 59.4 Å². The Hall–Kier alpha value is -2.59. The predicted molar refractivity (Wildman–Crippen MR) is 111 cm³/mol. The largest absolute Gasteiger partial charge is 0.705 e. The Morgan fingerprint density at radius 3 is 2.23 bits per heavy atom. The normalized spacial score (nSPS) is 17.7. The highest BCUT2D eigenvalue weighted by Gasteiger charge is 2.51. The van der Waals surface area contributed by atoms with Crippen molar-refractivity contribution in [1.82, 2.24) is 0 Å². The average Bonchev–Trinajstić information content (AvgIpc) is 2.63. The molecule has 1 aromatic rings. The van der Waals surface area contributed by atoms with Gasteiger partial charge in [-0.25, -0.2) is 0 Å². The molecule has 31 heavy (non-hydrogen) atoms. The van der Waals surface area contributed by atoms with Gasteiger partial charge in [-0.2, -0.15) is 0 Å². The van der Waals surface area contributed by atoms with E-state index in [4.69, 9.17) is 27.5 Å². The minimum Gasteiger partial charge on any atom is -0.494 e.